The van der Waals surface area contributed by atoms with Crippen molar-refractivity contribution in [2.45, 2.75) is 6.04 Å². The molecule has 1 heterocycles. The monoisotopic (exact) mass is 305 g/mol. The maximum absolute atomic E-state index is 12.1. The molecule has 0 aliphatic carbocycles. The van der Waals surface area contributed by atoms with Crippen LogP contribution in [0.4, 0.5) is 5.69 Å². The number of carbonyl (C=O) groups excluding carboxylic acids is 2. The first-order valence-corrected chi connectivity index (χ1v) is 7.97. The van der Waals surface area contributed by atoms with Crippen molar-refractivity contribution in [2.75, 3.05) is 29.9 Å². The Morgan fingerprint density at radius 2 is 2.14 bits per heavy atom. The van der Waals surface area contributed by atoms with Crippen LogP contribution >= 0.6 is 11.8 Å². The predicted octanol–water partition coefficient (Wildman–Crippen LogP) is 1.25. The third kappa shape index (κ3) is 4.61. The highest BCUT2D eigenvalue weighted by Crippen LogP contribution is 2.13. The Morgan fingerprint density at radius 1 is 1.38 bits per heavy atom. The van der Waals surface area contributed by atoms with E-state index in [0.717, 1.165) is 18.1 Å². The molecule has 1 aliphatic heterocycles. The van der Waals surface area contributed by atoms with Crippen molar-refractivity contribution < 1.29 is 9.59 Å². The first kappa shape index (κ1) is 15.6. The molecule has 21 heavy (non-hydrogen) atoms. The van der Waals surface area contributed by atoms with Gasteiger partial charge in [-0.1, -0.05) is 6.08 Å². The zero-order valence-electron chi connectivity index (χ0n) is 11.7. The number of carbonyl (C=O) groups is 2. The molecule has 1 aromatic rings. The lowest BCUT2D eigenvalue weighted by Gasteiger charge is -2.22. The van der Waals surface area contributed by atoms with E-state index in [4.69, 9.17) is 0 Å². The molecule has 0 spiro atoms. The second kappa shape index (κ2) is 7.85. The maximum Gasteiger partial charge on any atom is 0.251 e. The largest absolute Gasteiger partial charge is 0.349 e. The van der Waals surface area contributed by atoms with Crippen LogP contribution in [0.5, 0.6) is 0 Å². The Bertz CT molecular complexity index is 510. The molecule has 1 aromatic carbocycles. The molecule has 5 nitrogen and oxygen atoms in total. The lowest BCUT2D eigenvalue weighted by atomic mass is 10.2. The summed E-state index contributed by atoms with van der Waals surface area (Å²) in [5.41, 5.74) is 1.25. The molecule has 0 aromatic heterocycles. The van der Waals surface area contributed by atoms with E-state index in [1.165, 1.54) is 0 Å². The summed E-state index contributed by atoms with van der Waals surface area (Å²) in [6.07, 6.45) is 1.63. The molecule has 2 amide bonds. The highest BCUT2D eigenvalue weighted by molar-refractivity contribution is 7.99. The van der Waals surface area contributed by atoms with Gasteiger partial charge in [-0.05, 0) is 24.3 Å². The van der Waals surface area contributed by atoms with E-state index in [-0.39, 0.29) is 17.9 Å². The van der Waals surface area contributed by atoms with Crippen molar-refractivity contribution in [3.8, 4) is 0 Å². The van der Waals surface area contributed by atoms with Gasteiger partial charge >= 0.3 is 0 Å². The van der Waals surface area contributed by atoms with Gasteiger partial charge in [0.25, 0.3) is 5.91 Å². The van der Waals surface area contributed by atoms with E-state index in [1.807, 2.05) is 0 Å². The molecular formula is C15H19N3O2S. The molecule has 1 saturated heterocycles. The van der Waals surface area contributed by atoms with E-state index in [1.54, 1.807) is 42.1 Å². The molecule has 112 valence electrons. The topological polar surface area (TPSA) is 70.2 Å². The van der Waals surface area contributed by atoms with Gasteiger partial charge in [0, 0.05) is 35.8 Å². The van der Waals surface area contributed by atoms with Crippen molar-refractivity contribution in [3.63, 3.8) is 0 Å². The Morgan fingerprint density at radius 3 is 2.76 bits per heavy atom. The molecule has 6 heteroatoms. The Kier molecular flexibility index (Phi) is 5.83. The molecule has 3 N–H and O–H groups in total. The van der Waals surface area contributed by atoms with E-state index < -0.39 is 0 Å². The van der Waals surface area contributed by atoms with Gasteiger partial charge in [-0.3, -0.25) is 9.59 Å². The van der Waals surface area contributed by atoms with E-state index in [2.05, 4.69) is 22.5 Å². The predicted molar refractivity (Wildman–Crippen MR) is 86.7 cm³/mol. The number of anilines is 1. The quantitative estimate of drug-likeness (QED) is 0.716. The summed E-state index contributed by atoms with van der Waals surface area (Å²) in [4.78, 5) is 23.8. The van der Waals surface area contributed by atoms with Gasteiger partial charge in [-0.15, -0.1) is 6.58 Å². The Balaban J connectivity index is 1.91. The SMILES string of the molecule is C=CCNC(=O)c1ccc(NC(=O)C2CSCCN2)cc1. The summed E-state index contributed by atoms with van der Waals surface area (Å²) < 4.78 is 0. The summed E-state index contributed by atoms with van der Waals surface area (Å²) in [5.74, 6) is 1.63. The van der Waals surface area contributed by atoms with Crippen LogP contribution in [0.25, 0.3) is 0 Å². The fourth-order valence-electron chi connectivity index (χ4n) is 1.94. The molecule has 1 aliphatic rings. The standard InChI is InChI=1S/C15H19N3O2S/c1-2-7-17-14(19)11-3-5-12(6-4-11)18-15(20)13-10-21-9-8-16-13/h2-6,13,16H,1,7-10H2,(H,17,19)(H,18,20). The lowest BCUT2D eigenvalue weighted by molar-refractivity contribution is -0.117. The van der Waals surface area contributed by atoms with Crippen LogP contribution in [0, 0.1) is 0 Å². The van der Waals surface area contributed by atoms with Gasteiger partial charge in [0.15, 0.2) is 0 Å². The van der Waals surface area contributed by atoms with Crippen LogP contribution in [0.1, 0.15) is 10.4 Å². The summed E-state index contributed by atoms with van der Waals surface area (Å²) in [6, 6.07) is 6.70. The van der Waals surface area contributed by atoms with Crippen LogP contribution in [-0.2, 0) is 4.79 Å². The van der Waals surface area contributed by atoms with Gasteiger partial charge in [0.05, 0.1) is 6.04 Å². The van der Waals surface area contributed by atoms with Crippen molar-refractivity contribution in [1.29, 1.82) is 0 Å². The maximum atomic E-state index is 12.1. The fraction of sp³-hybridized carbons (Fsp3) is 0.333. The number of hydrogen-bond acceptors (Lipinski definition) is 4. The van der Waals surface area contributed by atoms with Crippen LogP contribution < -0.4 is 16.0 Å². The van der Waals surface area contributed by atoms with Crippen molar-refractivity contribution in [1.82, 2.24) is 10.6 Å². The zero-order chi connectivity index (χ0) is 15.1. The molecular weight excluding hydrogens is 286 g/mol. The number of amides is 2. The van der Waals surface area contributed by atoms with E-state index in [9.17, 15) is 9.59 Å². The third-order valence-corrected chi connectivity index (χ3v) is 4.12. The van der Waals surface area contributed by atoms with Gasteiger partial charge in [0.2, 0.25) is 5.91 Å². The highest BCUT2D eigenvalue weighted by atomic mass is 32.2. The summed E-state index contributed by atoms with van der Waals surface area (Å²) in [7, 11) is 0. The van der Waals surface area contributed by atoms with Gasteiger partial charge in [-0.25, -0.2) is 0 Å². The second-order valence-corrected chi connectivity index (χ2v) is 5.80. The van der Waals surface area contributed by atoms with Crippen LogP contribution in [0.3, 0.4) is 0 Å². The van der Waals surface area contributed by atoms with E-state index in [0.29, 0.717) is 17.8 Å². The molecule has 1 atom stereocenters. The minimum atomic E-state index is -0.155. The van der Waals surface area contributed by atoms with Crippen molar-refractivity contribution in [3.05, 3.63) is 42.5 Å². The number of thioether (sulfide) groups is 1. The number of rotatable bonds is 5. The van der Waals surface area contributed by atoms with Crippen molar-refractivity contribution >= 4 is 29.3 Å². The van der Waals surface area contributed by atoms with Crippen molar-refractivity contribution in [2.24, 2.45) is 0 Å². The first-order valence-electron chi connectivity index (χ1n) is 6.82. The third-order valence-electron chi connectivity index (χ3n) is 3.06. The van der Waals surface area contributed by atoms with Crippen LogP contribution in [-0.4, -0.2) is 42.5 Å². The minimum absolute atomic E-state index is 0.0361. The number of nitrogens with one attached hydrogen (secondary N) is 3. The van der Waals surface area contributed by atoms with Crippen LogP contribution in [0.2, 0.25) is 0 Å². The van der Waals surface area contributed by atoms with Crippen LogP contribution in [0.15, 0.2) is 36.9 Å². The number of benzene rings is 1. The zero-order valence-corrected chi connectivity index (χ0v) is 12.5. The molecule has 0 bridgehead atoms. The second-order valence-electron chi connectivity index (χ2n) is 4.65. The molecule has 1 unspecified atom stereocenters. The smallest absolute Gasteiger partial charge is 0.251 e. The van der Waals surface area contributed by atoms with E-state index >= 15 is 0 Å². The van der Waals surface area contributed by atoms with Gasteiger partial charge in [-0.2, -0.15) is 11.8 Å². The average molecular weight is 305 g/mol. The molecule has 1 fully saturated rings. The minimum Gasteiger partial charge on any atom is -0.349 e. The first-order chi connectivity index (χ1) is 10.2. The highest BCUT2D eigenvalue weighted by Gasteiger charge is 2.20. The fourth-order valence-corrected chi connectivity index (χ4v) is 2.87. The summed E-state index contributed by atoms with van der Waals surface area (Å²) >= 11 is 1.77. The molecule has 0 saturated carbocycles. The van der Waals surface area contributed by atoms with Gasteiger partial charge in [0.1, 0.15) is 0 Å². The molecule has 0 radical (unpaired) electrons. The Hall–Kier alpha value is -1.79. The normalized spacial score (nSPS) is 17.8. The van der Waals surface area contributed by atoms with Gasteiger partial charge < -0.3 is 16.0 Å². The molecule has 2 rings (SSSR count). The lowest BCUT2D eigenvalue weighted by Crippen LogP contribution is -2.46. The summed E-state index contributed by atoms with van der Waals surface area (Å²) in [6.45, 7) is 4.83. The number of hydrogen-bond donors (Lipinski definition) is 3. The Labute approximate surface area is 128 Å². The average Bonchev–Trinajstić information content (AvgIpc) is 2.54. The summed E-state index contributed by atoms with van der Waals surface area (Å²) in [5, 5.41) is 8.75.